The van der Waals surface area contributed by atoms with Crippen LogP contribution >= 0.6 is 0 Å². The molecule has 0 fully saturated rings. The molecule has 0 bridgehead atoms. The summed E-state index contributed by atoms with van der Waals surface area (Å²) in [5.74, 6) is 1.14. The second-order valence-electron chi connectivity index (χ2n) is 4.90. The Morgan fingerprint density at radius 3 is 2.52 bits per heavy atom. The lowest BCUT2D eigenvalue weighted by Crippen LogP contribution is -2.26. The Labute approximate surface area is 121 Å². The van der Waals surface area contributed by atoms with Crippen molar-refractivity contribution in [2.24, 2.45) is 0 Å². The van der Waals surface area contributed by atoms with Gasteiger partial charge in [0.05, 0.1) is 11.0 Å². The SMILES string of the molecule is Cc1ccc(C(C)NC(=O)c2ccc([N+](=O)[O-])c(C)c2)o1. The van der Waals surface area contributed by atoms with Gasteiger partial charge in [-0.2, -0.15) is 0 Å². The Morgan fingerprint density at radius 1 is 1.29 bits per heavy atom. The van der Waals surface area contributed by atoms with Crippen LogP contribution in [0.4, 0.5) is 5.69 Å². The van der Waals surface area contributed by atoms with Crippen LogP contribution in [0.3, 0.4) is 0 Å². The maximum Gasteiger partial charge on any atom is 0.272 e. The molecule has 6 nitrogen and oxygen atoms in total. The molecule has 0 radical (unpaired) electrons. The number of carbonyl (C=O) groups excluding carboxylic acids is 1. The number of furan rings is 1. The van der Waals surface area contributed by atoms with E-state index in [-0.39, 0.29) is 17.6 Å². The summed E-state index contributed by atoms with van der Waals surface area (Å²) in [6.07, 6.45) is 0. The molecule has 2 aromatic rings. The number of nitro benzene ring substituents is 1. The van der Waals surface area contributed by atoms with Gasteiger partial charge in [0.15, 0.2) is 0 Å². The highest BCUT2D eigenvalue weighted by atomic mass is 16.6. The monoisotopic (exact) mass is 288 g/mol. The molecule has 0 aliphatic rings. The van der Waals surface area contributed by atoms with E-state index in [9.17, 15) is 14.9 Å². The van der Waals surface area contributed by atoms with Gasteiger partial charge >= 0.3 is 0 Å². The van der Waals surface area contributed by atoms with Crippen molar-refractivity contribution in [3.05, 3.63) is 63.1 Å². The van der Waals surface area contributed by atoms with Gasteiger partial charge in [0.25, 0.3) is 11.6 Å². The highest BCUT2D eigenvalue weighted by molar-refractivity contribution is 5.94. The molecule has 0 spiro atoms. The Kier molecular flexibility index (Phi) is 4.07. The second kappa shape index (κ2) is 5.78. The van der Waals surface area contributed by atoms with E-state index < -0.39 is 4.92 Å². The van der Waals surface area contributed by atoms with Crippen molar-refractivity contribution in [3.8, 4) is 0 Å². The lowest BCUT2D eigenvalue weighted by atomic mass is 10.1. The van der Waals surface area contributed by atoms with Crippen LogP contribution < -0.4 is 5.32 Å². The van der Waals surface area contributed by atoms with Crippen molar-refractivity contribution in [1.82, 2.24) is 5.32 Å². The fourth-order valence-electron chi connectivity index (χ4n) is 2.04. The van der Waals surface area contributed by atoms with Gasteiger partial charge in [-0.05, 0) is 45.0 Å². The van der Waals surface area contributed by atoms with Crippen LogP contribution in [-0.4, -0.2) is 10.8 Å². The predicted octanol–water partition coefficient (Wildman–Crippen LogP) is 3.30. The summed E-state index contributed by atoms with van der Waals surface area (Å²) in [4.78, 5) is 22.4. The van der Waals surface area contributed by atoms with Gasteiger partial charge in [-0.25, -0.2) is 0 Å². The van der Waals surface area contributed by atoms with Crippen molar-refractivity contribution in [1.29, 1.82) is 0 Å². The number of aryl methyl sites for hydroxylation is 2. The average Bonchev–Trinajstić information content (AvgIpc) is 2.84. The molecule has 0 aliphatic carbocycles. The van der Waals surface area contributed by atoms with E-state index in [1.54, 1.807) is 13.0 Å². The quantitative estimate of drug-likeness (QED) is 0.691. The van der Waals surface area contributed by atoms with Crippen molar-refractivity contribution in [2.75, 3.05) is 0 Å². The number of nitro groups is 1. The van der Waals surface area contributed by atoms with Gasteiger partial charge in [-0.3, -0.25) is 14.9 Å². The molecule has 1 aromatic carbocycles. The summed E-state index contributed by atoms with van der Waals surface area (Å²) in [6, 6.07) is 7.65. The fourth-order valence-corrected chi connectivity index (χ4v) is 2.04. The number of hydrogen-bond donors (Lipinski definition) is 1. The molecule has 2 rings (SSSR count). The van der Waals surface area contributed by atoms with Gasteiger partial charge in [-0.15, -0.1) is 0 Å². The number of carbonyl (C=O) groups is 1. The summed E-state index contributed by atoms with van der Waals surface area (Å²) in [7, 11) is 0. The molecule has 0 saturated carbocycles. The van der Waals surface area contributed by atoms with E-state index in [1.165, 1.54) is 18.2 Å². The molecular formula is C15H16N2O4. The molecule has 1 aromatic heterocycles. The highest BCUT2D eigenvalue weighted by Crippen LogP contribution is 2.20. The first kappa shape index (κ1) is 14.8. The van der Waals surface area contributed by atoms with E-state index in [2.05, 4.69) is 5.32 Å². The molecule has 6 heteroatoms. The molecule has 21 heavy (non-hydrogen) atoms. The van der Waals surface area contributed by atoms with Gasteiger partial charge in [-0.1, -0.05) is 0 Å². The molecule has 1 atom stereocenters. The second-order valence-corrected chi connectivity index (χ2v) is 4.90. The van der Waals surface area contributed by atoms with Crippen LogP contribution in [0.2, 0.25) is 0 Å². The number of nitrogens with zero attached hydrogens (tertiary/aromatic N) is 1. The van der Waals surface area contributed by atoms with Crippen LogP contribution in [0, 0.1) is 24.0 Å². The molecule has 0 saturated heterocycles. The normalized spacial score (nSPS) is 12.0. The van der Waals surface area contributed by atoms with Gasteiger partial charge in [0.2, 0.25) is 0 Å². The number of benzene rings is 1. The van der Waals surface area contributed by atoms with Gasteiger partial charge in [0, 0.05) is 17.2 Å². The summed E-state index contributed by atoms with van der Waals surface area (Å²) in [5, 5.41) is 13.6. The molecule has 1 heterocycles. The molecule has 1 N–H and O–H groups in total. The fraction of sp³-hybridized carbons (Fsp3) is 0.267. The van der Waals surface area contributed by atoms with Crippen LogP contribution in [-0.2, 0) is 0 Å². The van der Waals surface area contributed by atoms with Crippen molar-refractivity contribution in [3.63, 3.8) is 0 Å². The maximum atomic E-state index is 12.1. The van der Waals surface area contributed by atoms with E-state index in [4.69, 9.17) is 4.42 Å². The summed E-state index contributed by atoms with van der Waals surface area (Å²) in [6.45, 7) is 5.25. The first-order valence-corrected chi connectivity index (χ1v) is 6.50. The van der Waals surface area contributed by atoms with E-state index >= 15 is 0 Å². The molecule has 1 amide bonds. The smallest absolute Gasteiger partial charge is 0.272 e. The first-order chi connectivity index (χ1) is 9.88. The first-order valence-electron chi connectivity index (χ1n) is 6.50. The highest BCUT2D eigenvalue weighted by Gasteiger charge is 2.17. The number of amides is 1. The Morgan fingerprint density at radius 2 is 2.00 bits per heavy atom. The zero-order chi connectivity index (χ0) is 15.6. The zero-order valence-corrected chi connectivity index (χ0v) is 12.0. The largest absolute Gasteiger partial charge is 0.464 e. The third-order valence-electron chi connectivity index (χ3n) is 3.19. The third-order valence-corrected chi connectivity index (χ3v) is 3.19. The predicted molar refractivity (Wildman–Crippen MR) is 77.2 cm³/mol. The Hall–Kier alpha value is -2.63. The van der Waals surface area contributed by atoms with Crippen molar-refractivity contribution < 1.29 is 14.1 Å². The number of hydrogen-bond acceptors (Lipinski definition) is 4. The summed E-state index contributed by atoms with van der Waals surface area (Å²) < 4.78 is 5.45. The third kappa shape index (κ3) is 3.28. The molecular weight excluding hydrogens is 272 g/mol. The standard InChI is InChI=1S/C15H16N2O4/c1-9-8-12(5-6-13(9)17(19)20)15(18)16-11(3)14-7-4-10(2)21-14/h4-8,11H,1-3H3,(H,16,18). The van der Waals surface area contributed by atoms with Crippen LogP contribution in [0.5, 0.6) is 0 Å². The maximum absolute atomic E-state index is 12.1. The lowest BCUT2D eigenvalue weighted by molar-refractivity contribution is -0.385. The van der Waals surface area contributed by atoms with Crippen LogP contribution in [0.15, 0.2) is 34.7 Å². The van der Waals surface area contributed by atoms with E-state index in [0.29, 0.717) is 16.9 Å². The molecule has 110 valence electrons. The molecule has 1 unspecified atom stereocenters. The number of rotatable bonds is 4. The van der Waals surface area contributed by atoms with Crippen molar-refractivity contribution in [2.45, 2.75) is 26.8 Å². The number of nitrogens with one attached hydrogen (secondary N) is 1. The minimum absolute atomic E-state index is 0.00116. The van der Waals surface area contributed by atoms with E-state index in [1.807, 2.05) is 19.9 Å². The molecule has 0 aliphatic heterocycles. The average molecular weight is 288 g/mol. The summed E-state index contributed by atoms with van der Waals surface area (Å²) >= 11 is 0. The summed E-state index contributed by atoms with van der Waals surface area (Å²) in [5.41, 5.74) is 0.837. The van der Waals surface area contributed by atoms with Gasteiger partial charge < -0.3 is 9.73 Å². The zero-order valence-electron chi connectivity index (χ0n) is 12.0. The Balaban J connectivity index is 2.13. The van der Waals surface area contributed by atoms with Crippen LogP contribution in [0.1, 0.15) is 40.4 Å². The lowest BCUT2D eigenvalue weighted by Gasteiger charge is -2.12. The minimum atomic E-state index is -0.467. The van der Waals surface area contributed by atoms with Crippen LogP contribution in [0.25, 0.3) is 0 Å². The topological polar surface area (TPSA) is 85.4 Å². The minimum Gasteiger partial charge on any atom is -0.464 e. The van der Waals surface area contributed by atoms with Gasteiger partial charge in [0.1, 0.15) is 11.5 Å². The van der Waals surface area contributed by atoms with Crippen molar-refractivity contribution >= 4 is 11.6 Å². The van der Waals surface area contributed by atoms with E-state index in [0.717, 1.165) is 5.76 Å². The Bertz CT molecular complexity index is 691.